The molecule has 8 nitrogen and oxygen atoms in total. The van der Waals surface area contributed by atoms with Gasteiger partial charge in [-0.15, -0.1) is 0 Å². The Balaban J connectivity index is 1.63. The molecule has 3 heterocycles. The summed E-state index contributed by atoms with van der Waals surface area (Å²) >= 11 is 7.80. The lowest BCUT2D eigenvalue weighted by Crippen LogP contribution is -2.55. The molecule has 2 aromatic rings. The van der Waals surface area contributed by atoms with Crippen LogP contribution < -0.4 is 15.1 Å². The van der Waals surface area contributed by atoms with Crippen molar-refractivity contribution >= 4 is 58.4 Å². The van der Waals surface area contributed by atoms with Crippen molar-refractivity contribution in [2.24, 2.45) is 11.8 Å². The molecule has 0 aliphatic carbocycles. The van der Waals surface area contributed by atoms with Crippen molar-refractivity contribution in [2.75, 3.05) is 35.0 Å². The maximum absolute atomic E-state index is 14.2. The van der Waals surface area contributed by atoms with Gasteiger partial charge in [0.1, 0.15) is 12.1 Å². The zero-order valence-electron chi connectivity index (χ0n) is 19.9. The van der Waals surface area contributed by atoms with Gasteiger partial charge in [0.2, 0.25) is 11.8 Å². The second-order valence-electron chi connectivity index (χ2n) is 9.05. The van der Waals surface area contributed by atoms with Crippen molar-refractivity contribution in [1.82, 2.24) is 5.32 Å². The number of benzene rings is 2. The first-order valence-corrected chi connectivity index (χ1v) is 13.6. The first-order chi connectivity index (χ1) is 17.3. The molecule has 0 aromatic heterocycles. The van der Waals surface area contributed by atoms with Crippen LogP contribution >= 0.6 is 23.4 Å². The summed E-state index contributed by atoms with van der Waals surface area (Å²) < 4.78 is 5.11. The molecule has 188 valence electrons. The largest absolute Gasteiger partial charge is 0.465 e. The van der Waals surface area contributed by atoms with Crippen LogP contribution in [0.1, 0.15) is 18.9 Å². The Labute approximate surface area is 218 Å². The molecule has 0 radical (unpaired) electrons. The molecule has 5 rings (SSSR count). The third-order valence-electron chi connectivity index (χ3n) is 7.16. The monoisotopic (exact) mass is 527 g/mol. The minimum Gasteiger partial charge on any atom is -0.465 e. The summed E-state index contributed by atoms with van der Waals surface area (Å²) in [5.41, 5.74) is 0.0493. The third kappa shape index (κ3) is 3.64. The lowest BCUT2D eigenvalue weighted by molar-refractivity contribution is -0.142. The van der Waals surface area contributed by atoms with Gasteiger partial charge in [0, 0.05) is 22.3 Å². The quantitative estimate of drug-likeness (QED) is 0.437. The van der Waals surface area contributed by atoms with Crippen LogP contribution in [0.15, 0.2) is 48.5 Å². The van der Waals surface area contributed by atoms with Crippen LogP contribution in [0.4, 0.5) is 11.4 Å². The first-order valence-electron chi connectivity index (χ1n) is 11.8. The number of hydrogen-bond acceptors (Lipinski definition) is 7. The van der Waals surface area contributed by atoms with E-state index in [9.17, 15) is 19.2 Å². The Morgan fingerprint density at radius 1 is 1.14 bits per heavy atom. The Bertz CT molecular complexity index is 1260. The number of halogens is 1. The van der Waals surface area contributed by atoms with E-state index in [1.807, 2.05) is 6.26 Å². The van der Waals surface area contributed by atoms with Crippen LogP contribution in [-0.2, 0) is 29.5 Å². The lowest BCUT2D eigenvalue weighted by Gasteiger charge is -2.30. The van der Waals surface area contributed by atoms with E-state index in [4.69, 9.17) is 16.3 Å². The van der Waals surface area contributed by atoms with Crippen LogP contribution in [0.2, 0.25) is 5.02 Å². The van der Waals surface area contributed by atoms with Crippen molar-refractivity contribution in [2.45, 2.75) is 24.9 Å². The number of para-hydroxylation sites is 1. The summed E-state index contributed by atoms with van der Waals surface area (Å²) in [6.07, 6.45) is 2.57. The number of thioether (sulfide) groups is 1. The highest BCUT2D eigenvalue weighted by Crippen LogP contribution is 2.55. The predicted octanol–water partition coefficient (Wildman–Crippen LogP) is 2.98. The lowest BCUT2D eigenvalue weighted by atomic mass is 9.76. The summed E-state index contributed by atoms with van der Waals surface area (Å²) in [6.45, 7) is 1.61. The molecule has 0 bridgehead atoms. The minimum absolute atomic E-state index is 0.189. The van der Waals surface area contributed by atoms with Crippen LogP contribution in [-0.4, -0.2) is 54.9 Å². The summed E-state index contributed by atoms with van der Waals surface area (Å²) in [6, 6.07) is 13.3. The highest BCUT2D eigenvalue weighted by Gasteiger charge is 2.71. The van der Waals surface area contributed by atoms with Gasteiger partial charge in [0.05, 0.1) is 24.1 Å². The number of rotatable bonds is 7. The number of carbonyl (C=O) groups excluding carboxylic acids is 4. The van der Waals surface area contributed by atoms with E-state index in [0.29, 0.717) is 28.4 Å². The van der Waals surface area contributed by atoms with E-state index in [1.54, 1.807) is 67.2 Å². The fraction of sp³-hybridized carbons (Fsp3) is 0.385. The normalized spacial score (nSPS) is 26.6. The Hall–Kier alpha value is -2.88. The third-order valence-corrected chi connectivity index (χ3v) is 8.04. The molecular formula is C26H26ClN3O5S. The van der Waals surface area contributed by atoms with E-state index in [2.05, 4.69) is 5.32 Å². The molecule has 3 amide bonds. The zero-order chi connectivity index (χ0) is 25.6. The van der Waals surface area contributed by atoms with Gasteiger partial charge in [-0.25, -0.2) is 4.90 Å². The number of nitrogens with zero attached hydrogens (tertiary/aromatic N) is 2. The first kappa shape index (κ1) is 24.8. The van der Waals surface area contributed by atoms with Crippen LogP contribution in [0, 0.1) is 11.8 Å². The smallest absolute Gasteiger partial charge is 0.326 e. The number of ether oxygens (including phenoxy) is 1. The summed E-state index contributed by atoms with van der Waals surface area (Å²) in [5, 5.41) is 3.84. The number of esters is 1. The van der Waals surface area contributed by atoms with E-state index in [-0.39, 0.29) is 19.1 Å². The maximum atomic E-state index is 14.2. The van der Waals surface area contributed by atoms with Crippen molar-refractivity contribution in [1.29, 1.82) is 0 Å². The Morgan fingerprint density at radius 3 is 2.64 bits per heavy atom. The predicted molar refractivity (Wildman–Crippen MR) is 138 cm³/mol. The molecular weight excluding hydrogens is 502 g/mol. The molecule has 36 heavy (non-hydrogen) atoms. The molecule has 1 N–H and O–H groups in total. The highest BCUT2D eigenvalue weighted by molar-refractivity contribution is 7.98. The minimum atomic E-state index is -1.46. The summed E-state index contributed by atoms with van der Waals surface area (Å²) in [4.78, 5) is 56.9. The summed E-state index contributed by atoms with van der Waals surface area (Å²) in [5.74, 6) is -2.71. The van der Waals surface area contributed by atoms with Crippen molar-refractivity contribution in [3.63, 3.8) is 0 Å². The molecule has 2 aromatic carbocycles. The number of imide groups is 1. The summed E-state index contributed by atoms with van der Waals surface area (Å²) in [7, 11) is 0. The Morgan fingerprint density at radius 2 is 1.92 bits per heavy atom. The van der Waals surface area contributed by atoms with E-state index in [1.165, 1.54) is 9.80 Å². The van der Waals surface area contributed by atoms with Crippen LogP contribution in [0.25, 0.3) is 0 Å². The Kier molecular flexibility index (Phi) is 6.57. The average Bonchev–Trinajstić information content (AvgIpc) is 3.42. The second kappa shape index (κ2) is 9.53. The van der Waals surface area contributed by atoms with Gasteiger partial charge in [0.15, 0.2) is 0 Å². The fourth-order valence-corrected chi connectivity index (χ4v) is 6.48. The molecule has 3 aliphatic heterocycles. The maximum Gasteiger partial charge on any atom is 0.326 e. The van der Waals surface area contributed by atoms with Crippen LogP contribution in [0.5, 0.6) is 0 Å². The zero-order valence-corrected chi connectivity index (χ0v) is 21.5. The van der Waals surface area contributed by atoms with Gasteiger partial charge in [-0.3, -0.25) is 29.4 Å². The number of carbonyl (C=O) groups is 4. The van der Waals surface area contributed by atoms with E-state index < -0.39 is 41.2 Å². The van der Waals surface area contributed by atoms with Crippen LogP contribution in [0.3, 0.4) is 0 Å². The number of anilines is 2. The molecule has 0 unspecified atom stereocenters. The number of amides is 3. The van der Waals surface area contributed by atoms with Gasteiger partial charge in [-0.05, 0) is 49.6 Å². The molecule has 2 saturated heterocycles. The molecule has 1 spiro atoms. The van der Waals surface area contributed by atoms with Crippen molar-refractivity contribution in [3.8, 4) is 0 Å². The van der Waals surface area contributed by atoms with E-state index in [0.717, 1.165) is 5.75 Å². The highest BCUT2D eigenvalue weighted by atomic mass is 35.5. The molecule has 0 saturated carbocycles. The fourth-order valence-electron chi connectivity index (χ4n) is 5.80. The SMILES string of the molecule is CCOC(=O)CN1C(=O)[C@]2(N[C@@H](CCSC)[C@H]3C(=O)N(c4cccc(Cl)c4)C(=O)[C@@H]32)c2ccccc21. The molecule has 10 heteroatoms. The molecule has 2 fully saturated rings. The van der Waals surface area contributed by atoms with Gasteiger partial charge >= 0.3 is 5.97 Å². The number of fused-ring (bicyclic) bond motifs is 4. The van der Waals surface area contributed by atoms with Crippen molar-refractivity contribution in [3.05, 3.63) is 59.1 Å². The van der Waals surface area contributed by atoms with Gasteiger partial charge in [-0.2, -0.15) is 11.8 Å². The van der Waals surface area contributed by atoms with Crippen molar-refractivity contribution < 1.29 is 23.9 Å². The van der Waals surface area contributed by atoms with Gasteiger partial charge in [-0.1, -0.05) is 35.9 Å². The standard InChI is InChI=1S/C26H26ClN3O5S/c1-3-35-20(31)14-29-19-10-5-4-9-17(19)26(25(29)34)22-21(18(28-26)11-12-36-2)23(32)30(24(22)33)16-8-6-7-15(27)13-16/h4-10,13,18,21-22,28H,3,11-12,14H2,1-2H3/t18-,21+,22+,26-/m0/s1. The number of nitrogens with one attached hydrogen (secondary N) is 1. The average molecular weight is 528 g/mol. The van der Waals surface area contributed by atoms with Gasteiger partial charge in [0.25, 0.3) is 5.91 Å². The second-order valence-corrected chi connectivity index (χ2v) is 10.5. The molecule has 4 atom stereocenters. The molecule has 3 aliphatic rings. The number of hydrogen-bond donors (Lipinski definition) is 1. The van der Waals surface area contributed by atoms with Gasteiger partial charge < -0.3 is 4.74 Å². The topological polar surface area (TPSA) is 96.0 Å². The van der Waals surface area contributed by atoms with E-state index >= 15 is 0 Å².